The van der Waals surface area contributed by atoms with Crippen LogP contribution in [0.15, 0.2) is 52.3 Å². The van der Waals surface area contributed by atoms with Crippen molar-refractivity contribution in [1.29, 1.82) is 0 Å². The summed E-state index contributed by atoms with van der Waals surface area (Å²) < 4.78 is 15.9. The molecule has 14 nitrogen and oxygen atoms in total. The van der Waals surface area contributed by atoms with E-state index >= 15 is 0 Å². The number of esters is 2. The van der Waals surface area contributed by atoms with Crippen LogP contribution in [0.25, 0.3) is 0 Å². The van der Waals surface area contributed by atoms with Crippen LogP contribution in [0.4, 0.5) is 10.5 Å². The van der Waals surface area contributed by atoms with Crippen molar-refractivity contribution in [3.63, 3.8) is 0 Å². The number of nitrogens with zero attached hydrogens (tertiary/aromatic N) is 2. The molecule has 4 rings (SSSR count). The summed E-state index contributed by atoms with van der Waals surface area (Å²) in [7, 11) is 0. The number of fused-ring (bicyclic) bond motifs is 1. The van der Waals surface area contributed by atoms with Gasteiger partial charge in [-0.1, -0.05) is 19.9 Å². The van der Waals surface area contributed by atoms with Crippen molar-refractivity contribution in [3.05, 3.63) is 74.9 Å². The first-order chi connectivity index (χ1) is 19.0. The molecular weight excluding hydrogens is 528 g/mol. The first-order valence-corrected chi connectivity index (χ1v) is 12.4. The lowest BCUT2D eigenvalue weighted by Gasteiger charge is -2.29. The Hall–Kier alpha value is -5.01. The molecule has 1 aromatic heterocycles. The minimum absolute atomic E-state index is 0.00911. The number of benzene rings is 1. The fourth-order valence-corrected chi connectivity index (χ4v) is 4.56. The molecule has 3 heterocycles. The van der Waals surface area contributed by atoms with Crippen LogP contribution in [0.2, 0.25) is 0 Å². The topological polar surface area (TPSA) is 187 Å². The van der Waals surface area contributed by atoms with E-state index in [-0.39, 0.29) is 41.5 Å². The lowest BCUT2D eigenvalue weighted by molar-refractivity contribution is -0.385. The molecule has 0 spiro atoms. The Morgan fingerprint density at radius 1 is 1.12 bits per heavy atom. The predicted molar refractivity (Wildman–Crippen MR) is 135 cm³/mol. The van der Waals surface area contributed by atoms with E-state index in [1.165, 1.54) is 18.4 Å². The second-order valence-electron chi connectivity index (χ2n) is 9.35. The maximum Gasteiger partial charge on any atom is 0.338 e. The van der Waals surface area contributed by atoms with Crippen LogP contribution >= 0.6 is 0 Å². The molecule has 4 amide bonds. The average molecular weight is 555 g/mol. The highest BCUT2D eigenvalue weighted by atomic mass is 16.6. The van der Waals surface area contributed by atoms with E-state index in [1.54, 1.807) is 32.9 Å². The zero-order valence-electron chi connectivity index (χ0n) is 21.8. The Kier molecular flexibility index (Phi) is 7.98. The Morgan fingerprint density at radius 2 is 1.88 bits per heavy atom. The molecule has 0 fully saturated rings. The monoisotopic (exact) mass is 554 g/mol. The second kappa shape index (κ2) is 11.4. The third kappa shape index (κ3) is 5.28. The SMILES string of the molecule is CCOC(=O)C1=C(COC(=O)C(CC(C)C)N2C(=O)c3cccc([N+](=O)[O-])c3C2=O)NC(=O)NC1c1ccco1. The molecule has 2 N–H and O–H groups in total. The number of rotatable bonds is 10. The Bertz CT molecular complexity index is 1410. The van der Waals surface area contributed by atoms with Crippen molar-refractivity contribution < 1.29 is 42.8 Å². The summed E-state index contributed by atoms with van der Waals surface area (Å²) in [5, 5.41) is 16.5. The van der Waals surface area contributed by atoms with Gasteiger partial charge in [0.15, 0.2) is 0 Å². The standard InChI is InChI=1S/C26H26N4O10/c1-4-38-25(34)20-15(27-26(35)28-21(20)18-9-6-10-39-18)12-40-24(33)17(11-13(2)3)29-22(31)14-7-5-8-16(30(36)37)19(14)23(29)32/h5-10,13,17,21H,4,11-12H2,1-3H3,(H2,27,28,35). The van der Waals surface area contributed by atoms with Crippen LogP contribution in [-0.4, -0.2) is 58.9 Å². The largest absolute Gasteiger partial charge is 0.467 e. The number of carbonyl (C=O) groups excluding carboxylic acids is 5. The van der Waals surface area contributed by atoms with E-state index < -0.39 is 64.6 Å². The first-order valence-electron chi connectivity index (χ1n) is 12.4. The van der Waals surface area contributed by atoms with Crippen molar-refractivity contribution in [2.75, 3.05) is 13.2 Å². The Morgan fingerprint density at radius 3 is 2.50 bits per heavy atom. The van der Waals surface area contributed by atoms with Gasteiger partial charge in [0.25, 0.3) is 17.5 Å². The maximum absolute atomic E-state index is 13.4. The predicted octanol–water partition coefficient (Wildman–Crippen LogP) is 2.61. The summed E-state index contributed by atoms with van der Waals surface area (Å²) in [6, 6.07) is 3.58. The van der Waals surface area contributed by atoms with Crippen LogP contribution < -0.4 is 10.6 Å². The molecule has 2 aromatic rings. The lowest BCUT2D eigenvalue weighted by atomic mass is 10.00. The molecule has 2 atom stereocenters. The van der Waals surface area contributed by atoms with Crippen LogP contribution in [-0.2, 0) is 19.1 Å². The van der Waals surface area contributed by atoms with Gasteiger partial charge in [0.2, 0.25) is 0 Å². The van der Waals surface area contributed by atoms with Gasteiger partial charge in [-0.25, -0.2) is 14.4 Å². The van der Waals surface area contributed by atoms with E-state index in [2.05, 4.69) is 10.6 Å². The highest BCUT2D eigenvalue weighted by Gasteiger charge is 2.47. The number of furan rings is 1. The number of nitrogens with one attached hydrogen (secondary N) is 2. The molecule has 210 valence electrons. The average Bonchev–Trinajstić information content (AvgIpc) is 3.52. The Balaban J connectivity index is 1.65. The van der Waals surface area contributed by atoms with Gasteiger partial charge in [-0.05, 0) is 37.5 Å². The van der Waals surface area contributed by atoms with Gasteiger partial charge in [0.05, 0.1) is 34.6 Å². The number of nitro benzene ring substituents is 1. The molecule has 14 heteroatoms. The second-order valence-corrected chi connectivity index (χ2v) is 9.35. The highest BCUT2D eigenvalue weighted by molar-refractivity contribution is 6.24. The van der Waals surface area contributed by atoms with Gasteiger partial charge >= 0.3 is 18.0 Å². The van der Waals surface area contributed by atoms with E-state index in [0.717, 1.165) is 6.07 Å². The minimum Gasteiger partial charge on any atom is -0.467 e. The number of urea groups is 1. The molecule has 0 saturated heterocycles. The van der Waals surface area contributed by atoms with E-state index in [1.807, 2.05) is 0 Å². The van der Waals surface area contributed by atoms with E-state index in [9.17, 15) is 34.1 Å². The third-order valence-corrected chi connectivity index (χ3v) is 6.23. The molecule has 40 heavy (non-hydrogen) atoms. The van der Waals surface area contributed by atoms with Gasteiger partial charge in [-0.2, -0.15) is 0 Å². The summed E-state index contributed by atoms with van der Waals surface area (Å²) in [5.74, 6) is -3.64. The number of hydrogen-bond donors (Lipinski definition) is 2. The van der Waals surface area contributed by atoms with Crippen molar-refractivity contribution in [3.8, 4) is 0 Å². The van der Waals surface area contributed by atoms with Gasteiger partial charge in [-0.3, -0.25) is 24.6 Å². The molecular formula is C26H26N4O10. The zero-order valence-corrected chi connectivity index (χ0v) is 21.8. The van der Waals surface area contributed by atoms with Gasteiger partial charge in [0.1, 0.15) is 30.0 Å². The molecule has 0 aliphatic carbocycles. The number of amides is 4. The van der Waals surface area contributed by atoms with Crippen molar-refractivity contribution in [2.45, 2.75) is 39.3 Å². The molecule has 2 aliphatic heterocycles. The summed E-state index contributed by atoms with van der Waals surface area (Å²) in [6.45, 7) is 4.51. The molecule has 2 aliphatic rings. The highest BCUT2D eigenvalue weighted by Crippen LogP contribution is 2.34. The van der Waals surface area contributed by atoms with Crippen molar-refractivity contribution in [1.82, 2.24) is 15.5 Å². The quantitative estimate of drug-likeness (QED) is 0.191. The first kappa shape index (κ1) is 28.0. The Labute approximate surface area is 227 Å². The van der Waals surface area contributed by atoms with Crippen molar-refractivity contribution >= 4 is 35.5 Å². The molecule has 0 radical (unpaired) electrons. The number of nitro groups is 1. The summed E-state index contributed by atoms with van der Waals surface area (Å²) in [6.07, 6.45) is 1.35. The van der Waals surface area contributed by atoms with E-state index in [4.69, 9.17) is 13.9 Å². The third-order valence-electron chi connectivity index (χ3n) is 6.23. The number of imide groups is 1. The van der Waals surface area contributed by atoms with Crippen LogP contribution in [0.3, 0.4) is 0 Å². The zero-order chi connectivity index (χ0) is 29.1. The fraction of sp³-hybridized carbons (Fsp3) is 0.346. The molecule has 2 unspecified atom stereocenters. The van der Waals surface area contributed by atoms with Gasteiger partial charge < -0.3 is 24.5 Å². The van der Waals surface area contributed by atoms with Crippen LogP contribution in [0.1, 0.15) is 59.7 Å². The van der Waals surface area contributed by atoms with Crippen molar-refractivity contribution in [2.24, 2.45) is 5.92 Å². The minimum atomic E-state index is -1.43. The van der Waals surface area contributed by atoms with Crippen LogP contribution in [0, 0.1) is 16.0 Å². The van der Waals surface area contributed by atoms with Gasteiger partial charge in [-0.15, -0.1) is 0 Å². The number of carbonyl (C=O) groups is 5. The van der Waals surface area contributed by atoms with Crippen LogP contribution in [0.5, 0.6) is 0 Å². The molecule has 0 bridgehead atoms. The number of ether oxygens (including phenoxy) is 2. The lowest BCUT2D eigenvalue weighted by Crippen LogP contribution is -2.48. The summed E-state index contributed by atoms with van der Waals surface area (Å²) in [5.41, 5.74) is -1.31. The molecule has 1 aromatic carbocycles. The fourth-order valence-electron chi connectivity index (χ4n) is 4.56. The molecule has 0 saturated carbocycles. The number of hydrogen-bond acceptors (Lipinski definition) is 10. The van der Waals surface area contributed by atoms with E-state index in [0.29, 0.717) is 4.90 Å². The maximum atomic E-state index is 13.4. The summed E-state index contributed by atoms with van der Waals surface area (Å²) >= 11 is 0. The summed E-state index contributed by atoms with van der Waals surface area (Å²) in [4.78, 5) is 76.4. The van der Waals surface area contributed by atoms with Gasteiger partial charge in [0, 0.05) is 6.07 Å². The smallest absolute Gasteiger partial charge is 0.338 e. The normalized spacial score (nSPS) is 17.4.